The second kappa shape index (κ2) is 10.6. The molecule has 0 saturated carbocycles. The fourth-order valence-electron chi connectivity index (χ4n) is 3.65. The molecular weight excluding hydrogens is 461 g/mol. The molecule has 0 amide bonds. The van der Waals surface area contributed by atoms with Crippen molar-refractivity contribution in [2.24, 2.45) is 5.92 Å². The van der Waals surface area contributed by atoms with Crippen LogP contribution in [0, 0.1) is 5.92 Å². The summed E-state index contributed by atoms with van der Waals surface area (Å²) in [6.45, 7) is 1.77. The van der Waals surface area contributed by atoms with Gasteiger partial charge in [-0.2, -0.15) is 0 Å². The van der Waals surface area contributed by atoms with E-state index in [1.165, 1.54) is 14.2 Å². The summed E-state index contributed by atoms with van der Waals surface area (Å²) in [4.78, 5) is 11.2. The number of halogens is 1. The zero-order chi connectivity index (χ0) is 20.1. The Kier molecular flexibility index (Phi) is 8.70. The van der Waals surface area contributed by atoms with E-state index in [4.69, 9.17) is 18.5 Å². The maximum Gasteiger partial charge on any atom is 0.330 e. The van der Waals surface area contributed by atoms with Crippen molar-refractivity contribution in [1.29, 1.82) is 0 Å². The molecule has 0 bridgehead atoms. The van der Waals surface area contributed by atoms with Gasteiger partial charge >= 0.3 is 7.60 Å². The van der Waals surface area contributed by atoms with E-state index in [-0.39, 0.29) is 17.0 Å². The largest absolute Gasteiger partial charge is 0.493 e. The predicted octanol–water partition coefficient (Wildman–Crippen LogP) is 4.32. The van der Waals surface area contributed by atoms with E-state index in [9.17, 15) is 4.57 Å². The van der Waals surface area contributed by atoms with Crippen LogP contribution in [-0.4, -0.2) is 57.7 Å². The number of ether oxygens (including phenoxy) is 2. The third-order valence-electron chi connectivity index (χ3n) is 5.40. The van der Waals surface area contributed by atoms with Crippen molar-refractivity contribution >= 4 is 41.3 Å². The SMILES string of the molecule is Br.COc1cc2ncnc(N3CCC(CCP(=O)(OC)OC)CC3)c2cc1OC. The summed E-state index contributed by atoms with van der Waals surface area (Å²) in [7, 11) is 3.19. The van der Waals surface area contributed by atoms with Crippen LogP contribution in [0.5, 0.6) is 11.5 Å². The number of methoxy groups -OCH3 is 2. The number of nitrogens with zero attached hydrogens (tertiary/aromatic N) is 3. The molecular formula is C19H29BrN3O5P. The normalized spacial score (nSPS) is 15.2. The standard InChI is InChI=1S/C19H28N3O5P.BrH/c1-24-17-11-15-16(12-18(17)25-2)20-13-21-19(15)22-8-5-14(6-9-22)7-10-28(23,26-3)27-4;/h11-14H,5-10H2,1-4H3;1H. The van der Waals surface area contributed by atoms with Gasteiger partial charge in [0.15, 0.2) is 11.5 Å². The molecule has 2 aromatic rings. The highest BCUT2D eigenvalue weighted by atomic mass is 79.9. The van der Waals surface area contributed by atoms with Crippen LogP contribution in [0.3, 0.4) is 0 Å². The highest BCUT2D eigenvalue weighted by Crippen LogP contribution is 2.48. The molecule has 1 aliphatic heterocycles. The first kappa shape index (κ1) is 23.9. The quantitative estimate of drug-likeness (QED) is 0.507. The third kappa shape index (κ3) is 5.40. The van der Waals surface area contributed by atoms with Crippen LogP contribution < -0.4 is 14.4 Å². The van der Waals surface area contributed by atoms with E-state index < -0.39 is 7.60 Å². The Morgan fingerprint density at radius 1 is 1.03 bits per heavy atom. The number of piperidine rings is 1. The van der Waals surface area contributed by atoms with Gasteiger partial charge in [-0.05, 0) is 31.2 Å². The highest BCUT2D eigenvalue weighted by molar-refractivity contribution is 8.93. The zero-order valence-corrected chi connectivity index (χ0v) is 19.9. The Labute approximate surface area is 182 Å². The minimum atomic E-state index is -2.93. The van der Waals surface area contributed by atoms with Crippen LogP contribution in [0.4, 0.5) is 5.82 Å². The average molecular weight is 490 g/mol. The molecule has 1 fully saturated rings. The zero-order valence-electron chi connectivity index (χ0n) is 17.3. The molecule has 0 atom stereocenters. The van der Waals surface area contributed by atoms with Crippen molar-refractivity contribution in [3.05, 3.63) is 18.5 Å². The van der Waals surface area contributed by atoms with E-state index in [0.29, 0.717) is 23.6 Å². The molecule has 162 valence electrons. The lowest BCUT2D eigenvalue weighted by Crippen LogP contribution is -2.34. The highest BCUT2D eigenvalue weighted by Gasteiger charge is 2.27. The molecule has 0 unspecified atom stereocenters. The van der Waals surface area contributed by atoms with Crippen LogP contribution in [-0.2, 0) is 13.6 Å². The Morgan fingerprint density at radius 2 is 1.66 bits per heavy atom. The van der Waals surface area contributed by atoms with Crippen molar-refractivity contribution < 1.29 is 23.1 Å². The number of benzene rings is 1. The van der Waals surface area contributed by atoms with Gasteiger partial charge in [0.2, 0.25) is 0 Å². The van der Waals surface area contributed by atoms with Crippen molar-refractivity contribution in [2.45, 2.75) is 19.3 Å². The lowest BCUT2D eigenvalue weighted by Gasteiger charge is -2.33. The molecule has 0 N–H and O–H groups in total. The average Bonchev–Trinajstić information content (AvgIpc) is 2.76. The summed E-state index contributed by atoms with van der Waals surface area (Å²) in [5.41, 5.74) is 0.825. The molecule has 0 aliphatic carbocycles. The van der Waals surface area contributed by atoms with Gasteiger partial charge in [0.05, 0.1) is 25.9 Å². The molecule has 1 saturated heterocycles. The Balaban J connectivity index is 0.00000300. The number of rotatable bonds is 8. The van der Waals surface area contributed by atoms with Gasteiger partial charge in [-0.1, -0.05) is 0 Å². The maximum atomic E-state index is 12.2. The minimum Gasteiger partial charge on any atom is -0.493 e. The Bertz CT molecular complexity index is 853. The van der Waals surface area contributed by atoms with Crippen LogP contribution in [0.2, 0.25) is 0 Å². The van der Waals surface area contributed by atoms with Gasteiger partial charge in [0.25, 0.3) is 0 Å². The van der Waals surface area contributed by atoms with Crippen molar-refractivity contribution in [1.82, 2.24) is 9.97 Å². The first-order chi connectivity index (χ1) is 13.5. The molecule has 3 rings (SSSR count). The van der Waals surface area contributed by atoms with Gasteiger partial charge in [0, 0.05) is 38.8 Å². The number of hydrogen-bond donors (Lipinski definition) is 0. The fraction of sp³-hybridized carbons (Fsp3) is 0.579. The first-order valence-electron chi connectivity index (χ1n) is 9.35. The third-order valence-corrected chi connectivity index (χ3v) is 7.32. The number of anilines is 1. The number of aromatic nitrogens is 2. The second-order valence-corrected chi connectivity index (χ2v) is 9.24. The monoisotopic (exact) mass is 489 g/mol. The molecule has 1 aliphatic rings. The van der Waals surface area contributed by atoms with Crippen molar-refractivity contribution in [3.63, 3.8) is 0 Å². The topological polar surface area (TPSA) is 83.0 Å². The first-order valence-corrected chi connectivity index (χ1v) is 11.1. The number of hydrogen-bond acceptors (Lipinski definition) is 8. The van der Waals surface area contributed by atoms with Gasteiger partial charge in [-0.25, -0.2) is 9.97 Å². The molecule has 10 heteroatoms. The molecule has 2 heterocycles. The summed E-state index contributed by atoms with van der Waals surface area (Å²) in [6, 6.07) is 3.81. The molecule has 1 aromatic carbocycles. The predicted molar refractivity (Wildman–Crippen MR) is 119 cm³/mol. The molecule has 8 nitrogen and oxygen atoms in total. The van der Waals surface area contributed by atoms with E-state index in [1.54, 1.807) is 20.5 Å². The van der Waals surface area contributed by atoms with E-state index in [1.807, 2.05) is 12.1 Å². The van der Waals surface area contributed by atoms with Crippen LogP contribution in [0.1, 0.15) is 19.3 Å². The maximum absolute atomic E-state index is 12.2. The lowest BCUT2D eigenvalue weighted by molar-refractivity contribution is 0.270. The van der Waals surface area contributed by atoms with Gasteiger partial charge in [0.1, 0.15) is 12.1 Å². The van der Waals surface area contributed by atoms with Crippen molar-refractivity contribution in [2.75, 3.05) is 52.6 Å². The summed E-state index contributed by atoms with van der Waals surface area (Å²) < 4.78 is 33.1. The minimum absolute atomic E-state index is 0. The van der Waals surface area contributed by atoms with E-state index in [2.05, 4.69) is 14.9 Å². The summed E-state index contributed by atoms with van der Waals surface area (Å²) in [5.74, 6) is 2.72. The van der Waals surface area contributed by atoms with Gasteiger partial charge in [-0.3, -0.25) is 4.57 Å². The Hall–Kier alpha value is -1.41. The van der Waals surface area contributed by atoms with E-state index >= 15 is 0 Å². The second-order valence-electron chi connectivity index (χ2n) is 6.84. The van der Waals surface area contributed by atoms with Crippen molar-refractivity contribution in [3.8, 4) is 11.5 Å². The molecule has 29 heavy (non-hydrogen) atoms. The Morgan fingerprint density at radius 3 is 2.24 bits per heavy atom. The summed E-state index contributed by atoms with van der Waals surface area (Å²) in [6.07, 6.45) is 4.89. The number of fused-ring (bicyclic) bond motifs is 1. The van der Waals surface area contributed by atoms with Crippen LogP contribution in [0.25, 0.3) is 10.9 Å². The van der Waals surface area contributed by atoms with Gasteiger partial charge < -0.3 is 23.4 Å². The fourth-order valence-corrected chi connectivity index (χ4v) is 4.85. The molecule has 0 radical (unpaired) electrons. The van der Waals surface area contributed by atoms with Gasteiger partial charge in [-0.15, -0.1) is 17.0 Å². The summed E-state index contributed by atoms with van der Waals surface area (Å²) >= 11 is 0. The lowest BCUT2D eigenvalue weighted by atomic mass is 9.94. The molecule has 1 aromatic heterocycles. The van der Waals surface area contributed by atoms with Crippen LogP contribution in [0.15, 0.2) is 18.5 Å². The molecule has 0 spiro atoms. The van der Waals surface area contributed by atoms with E-state index in [0.717, 1.165) is 49.1 Å². The smallest absolute Gasteiger partial charge is 0.330 e. The van der Waals surface area contributed by atoms with Crippen LogP contribution >= 0.6 is 24.6 Å². The summed E-state index contributed by atoms with van der Waals surface area (Å²) in [5, 5.41) is 0.946.